The van der Waals surface area contributed by atoms with E-state index in [4.69, 9.17) is 1.37 Å². The van der Waals surface area contributed by atoms with Gasteiger partial charge in [0.05, 0.1) is 13.7 Å². The van der Waals surface area contributed by atoms with Gasteiger partial charge in [-0.2, -0.15) is 9.40 Å². The molecule has 1 aromatic heterocycles. The molecule has 5 nitrogen and oxygen atoms in total. The van der Waals surface area contributed by atoms with Gasteiger partial charge in [0.2, 0.25) is 10.0 Å². The van der Waals surface area contributed by atoms with Crippen LogP contribution in [0.15, 0.2) is 18.4 Å². The van der Waals surface area contributed by atoms with Crippen LogP contribution >= 0.6 is 0 Å². The molecule has 0 atom stereocenters. The normalized spacial score (nSPS) is 21.2. The molecule has 13 heavy (non-hydrogen) atoms. The van der Waals surface area contributed by atoms with Gasteiger partial charge in [0.1, 0.15) is 0 Å². The van der Waals surface area contributed by atoms with Crippen LogP contribution in [0.5, 0.6) is 0 Å². The lowest BCUT2D eigenvalue weighted by Gasteiger charge is -2.36. The zero-order valence-corrected chi connectivity index (χ0v) is 8.03. The molecule has 0 aromatic carbocycles. The van der Waals surface area contributed by atoms with Crippen LogP contribution in [0.3, 0.4) is 0 Å². The second kappa shape index (κ2) is 2.81. The molecule has 6 heteroatoms. The van der Waals surface area contributed by atoms with Crippen LogP contribution in [0.1, 0.15) is 7.41 Å². The van der Waals surface area contributed by atoms with Gasteiger partial charge in [-0.1, -0.05) is 0 Å². The third-order valence-electron chi connectivity index (χ3n) is 2.14. The Bertz CT molecular complexity index is 436. The summed E-state index contributed by atoms with van der Waals surface area (Å²) in [6, 6.07) is 0.437. The van der Waals surface area contributed by atoms with E-state index in [0.29, 0.717) is 19.1 Å². The summed E-state index contributed by atoms with van der Waals surface area (Å²) in [6.45, 7) is 0.917. The van der Waals surface area contributed by atoms with Crippen LogP contribution in [0, 0.1) is 0 Å². The van der Waals surface area contributed by atoms with Crippen LogP contribution in [0.2, 0.25) is 0 Å². The minimum Gasteiger partial charge on any atom is -0.267 e. The SMILES string of the molecule is [2H]c1cnn(C2CN(S(C)(=O)=O)C2)c1. The third-order valence-corrected chi connectivity index (χ3v) is 3.38. The van der Waals surface area contributed by atoms with E-state index in [1.807, 2.05) is 0 Å². The number of rotatable bonds is 2. The zero-order valence-electron chi connectivity index (χ0n) is 8.21. The van der Waals surface area contributed by atoms with Crippen molar-refractivity contribution in [1.82, 2.24) is 14.1 Å². The van der Waals surface area contributed by atoms with Crippen molar-refractivity contribution < 1.29 is 9.79 Å². The summed E-state index contributed by atoms with van der Waals surface area (Å²) in [5, 5.41) is 3.96. The molecule has 0 aliphatic carbocycles. The lowest BCUT2D eigenvalue weighted by Crippen LogP contribution is -2.50. The summed E-state index contributed by atoms with van der Waals surface area (Å²) in [5.74, 6) is 0. The van der Waals surface area contributed by atoms with Crippen molar-refractivity contribution in [3.63, 3.8) is 0 Å². The van der Waals surface area contributed by atoms with Crippen LogP contribution in [-0.2, 0) is 10.0 Å². The summed E-state index contributed by atoms with van der Waals surface area (Å²) in [6.07, 6.45) is 4.25. The fraction of sp³-hybridized carbons (Fsp3) is 0.571. The molecule has 1 saturated heterocycles. The quantitative estimate of drug-likeness (QED) is 0.661. The Morgan fingerprint density at radius 3 is 2.77 bits per heavy atom. The van der Waals surface area contributed by atoms with Crippen molar-refractivity contribution >= 4 is 10.0 Å². The number of nitrogens with zero attached hydrogens (tertiary/aromatic N) is 3. The lowest BCUT2D eigenvalue weighted by molar-refractivity contribution is 0.192. The molecule has 0 bridgehead atoms. The molecule has 2 rings (SSSR count). The Kier molecular flexibility index (Phi) is 1.63. The van der Waals surface area contributed by atoms with Crippen molar-refractivity contribution in [1.29, 1.82) is 0 Å². The van der Waals surface area contributed by atoms with Crippen LogP contribution < -0.4 is 0 Å². The second-order valence-electron chi connectivity index (χ2n) is 3.15. The van der Waals surface area contributed by atoms with Gasteiger partial charge in [-0.15, -0.1) is 0 Å². The Balaban J connectivity index is 2.02. The predicted octanol–water partition coefficient (Wildman–Crippen LogP) is -0.301. The summed E-state index contributed by atoms with van der Waals surface area (Å²) in [5.41, 5.74) is 0. The van der Waals surface area contributed by atoms with E-state index in [2.05, 4.69) is 5.10 Å². The highest BCUT2D eigenvalue weighted by Gasteiger charge is 2.34. The van der Waals surface area contributed by atoms with E-state index < -0.39 is 10.0 Å². The minimum absolute atomic E-state index is 0.0869. The van der Waals surface area contributed by atoms with Gasteiger partial charge >= 0.3 is 0 Å². The molecule has 1 aliphatic rings. The minimum atomic E-state index is -3.05. The first-order valence-corrected chi connectivity index (χ1v) is 5.77. The Hall–Kier alpha value is -0.880. The summed E-state index contributed by atoms with van der Waals surface area (Å²) in [4.78, 5) is 0. The maximum Gasteiger partial charge on any atom is 0.211 e. The zero-order chi connectivity index (χ0) is 10.3. The van der Waals surface area contributed by atoms with Gasteiger partial charge in [0, 0.05) is 25.5 Å². The van der Waals surface area contributed by atoms with Crippen molar-refractivity contribution in [2.45, 2.75) is 6.04 Å². The Morgan fingerprint density at radius 2 is 2.31 bits per heavy atom. The first-order chi connectivity index (χ1) is 6.47. The standard InChI is InChI=1S/C7H11N3O2S/c1-13(11,12)9-5-7(6-9)10-4-2-3-8-10/h2-4,7H,5-6H2,1H3/i2D. The summed E-state index contributed by atoms with van der Waals surface area (Å²) in [7, 11) is -3.05. The van der Waals surface area contributed by atoms with E-state index in [0.717, 1.165) is 0 Å². The van der Waals surface area contributed by atoms with Crippen LogP contribution in [0.25, 0.3) is 0 Å². The van der Waals surface area contributed by atoms with E-state index in [1.165, 1.54) is 16.8 Å². The topological polar surface area (TPSA) is 55.2 Å². The molecule has 1 aromatic rings. The van der Waals surface area contributed by atoms with Gasteiger partial charge in [0.15, 0.2) is 0 Å². The first-order valence-electron chi connectivity index (χ1n) is 4.43. The molecule has 0 N–H and O–H groups in total. The van der Waals surface area contributed by atoms with Gasteiger partial charge in [-0.3, -0.25) is 4.68 Å². The Morgan fingerprint density at radius 1 is 1.62 bits per heavy atom. The van der Waals surface area contributed by atoms with Crippen LogP contribution in [0.4, 0.5) is 0 Å². The Labute approximate surface area is 78.4 Å². The average molecular weight is 202 g/mol. The third kappa shape index (κ3) is 1.59. The molecule has 72 valence electrons. The average Bonchev–Trinajstić information content (AvgIpc) is 2.28. The molecule has 0 spiro atoms. The molecular formula is C7H11N3O2S. The molecule has 0 saturated carbocycles. The van der Waals surface area contributed by atoms with Gasteiger partial charge in [0.25, 0.3) is 0 Å². The fourth-order valence-electron chi connectivity index (χ4n) is 1.30. The molecule has 1 fully saturated rings. The second-order valence-corrected chi connectivity index (χ2v) is 5.14. The van der Waals surface area contributed by atoms with Crippen LogP contribution in [-0.4, -0.2) is 41.8 Å². The van der Waals surface area contributed by atoms with Gasteiger partial charge in [-0.05, 0) is 6.04 Å². The summed E-state index contributed by atoms with van der Waals surface area (Å²) >= 11 is 0. The number of sulfonamides is 1. The molecule has 0 radical (unpaired) electrons. The smallest absolute Gasteiger partial charge is 0.211 e. The molecular weight excluding hydrogens is 190 g/mol. The fourth-order valence-corrected chi connectivity index (χ4v) is 2.18. The first kappa shape index (κ1) is 7.52. The summed E-state index contributed by atoms with van der Waals surface area (Å²) < 4.78 is 32.4. The monoisotopic (exact) mass is 202 g/mol. The maximum atomic E-state index is 11.1. The molecule has 0 unspecified atom stereocenters. The van der Waals surface area contributed by atoms with E-state index >= 15 is 0 Å². The lowest BCUT2D eigenvalue weighted by atomic mass is 10.2. The predicted molar refractivity (Wildman–Crippen MR) is 47.7 cm³/mol. The largest absolute Gasteiger partial charge is 0.267 e. The van der Waals surface area contributed by atoms with Crippen molar-refractivity contribution in [3.05, 3.63) is 18.4 Å². The molecule has 2 heterocycles. The molecule has 0 amide bonds. The van der Waals surface area contributed by atoms with E-state index in [-0.39, 0.29) is 6.04 Å². The van der Waals surface area contributed by atoms with Crippen molar-refractivity contribution in [2.75, 3.05) is 19.3 Å². The van der Waals surface area contributed by atoms with E-state index in [1.54, 1.807) is 10.9 Å². The van der Waals surface area contributed by atoms with Gasteiger partial charge in [-0.25, -0.2) is 8.42 Å². The molecule has 1 aliphatic heterocycles. The van der Waals surface area contributed by atoms with Crippen molar-refractivity contribution in [3.8, 4) is 0 Å². The number of hydrogen-bond acceptors (Lipinski definition) is 3. The van der Waals surface area contributed by atoms with Crippen molar-refractivity contribution in [2.24, 2.45) is 0 Å². The highest BCUT2D eigenvalue weighted by atomic mass is 32.2. The van der Waals surface area contributed by atoms with Gasteiger partial charge < -0.3 is 0 Å². The number of aromatic nitrogens is 2. The number of hydrogen-bond donors (Lipinski definition) is 0. The van der Waals surface area contributed by atoms with E-state index in [9.17, 15) is 8.42 Å². The maximum absolute atomic E-state index is 11.1. The highest BCUT2D eigenvalue weighted by molar-refractivity contribution is 7.88. The highest BCUT2D eigenvalue weighted by Crippen LogP contribution is 2.22.